The third kappa shape index (κ3) is 3.42. The number of halogens is 1. The van der Waals surface area contributed by atoms with Crippen LogP contribution in [-0.2, 0) is 4.79 Å². The van der Waals surface area contributed by atoms with Crippen molar-refractivity contribution >= 4 is 11.6 Å². The molecule has 0 aliphatic heterocycles. The molecule has 0 bridgehead atoms. The summed E-state index contributed by atoms with van der Waals surface area (Å²) in [6.45, 7) is 5.35. The van der Waals surface area contributed by atoms with Crippen molar-refractivity contribution in [1.82, 2.24) is 5.48 Å². The Hall–Kier alpha value is -1.62. The Morgan fingerprint density at radius 1 is 1.41 bits per heavy atom. The van der Waals surface area contributed by atoms with Crippen LogP contribution in [0, 0.1) is 18.7 Å². The lowest BCUT2D eigenvalue weighted by Gasteiger charge is -2.21. The van der Waals surface area contributed by atoms with E-state index in [1.54, 1.807) is 24.5 Å². The molecule has 3 N–H and O–H groups in total. The molecular weight excluding hydrogens is 223 g/mol. The van der Waals surface area contributed by atoms with E-state index in [0.29, 0.717) is 11.3 Å². The van der Waals surface area contributed by atoms with Crippen molar-refractivity contribution in [3.63, 3.8) is 0 Å². The minimum atomic E-state index is -0.565. The van der Waals surface area contributed by atoms with Crippen LogP contribution in [0.4, 0.5) is 10.1 Å². The summed E-state index contributed by atoms with van der Waals surface area (Å²) >= 11 is 0. The molecule has 0 unspecified atom stereocenters. The van der Waals surface area contributed by atoms with Gasteiger partial charge in [0.05, 0.1) is 0 Å². The van der Waals surface area contributed by atoms with Crippen molar-refractivity contribution in [2.45, 2.75) is 26.8 Å². The molecule has 1 amide bonds. The van der Waals surface area contributed by atoms with Gasteiger partial charge in [-0.3, -0.25) is 10.0 Å². The second-order valence-corrected chi connectivity index (χ2v) is 4.31. The van der Waals surface area contributed by atoms with Gasteiger partial charge in [-0.15, -0.1) is 0 Å². The average molecular weight is 240 g/mol. The van der Waals surface area contributed by atoms with E-state index >= 15 is 0 Å². The molecule has 0 aliphatic carbocycles. The second kappa shape index (κ2) is 5.63. The topological polar surface area (TPSA) is 61.4 Å². The lowest BCUT2D eigenvalue weighted by atomic mass is 10.0. The zero-order valence-electron chi connectivity index (χ0n) is 10.1. The largest absolute Gasteiger partial charge is 0.373 e. The van der Waals surface area contributed by atoms with E-state index in [0.717, 1.165) is 0 Å². The van der Waals surface area contributed by atoms with E-state index < -0.39 is 11.9 Å². The number of carbonyl (C=O) groups excluding carboxylic acids is 1. The van der Waals surface area contributed by atoms with Gasteiger partial charge in [0.25, 0.3) is 5.91 Å². The number of anilines is 1. The first kappa shape index (κ1) is 13.4. The van der Waals surface area contributed by atoms with E-state index in [4.69, 9.17) is 5.21 Å². The number of hydroxylamine groups is 1. The monoisotopic (exact) mass is 240 g/mol. The SMILES string of the molecule is Cc1cc(N[C@H](C(=O)NO)C(C)C)ccc1F. The maximum atomic E-state index is 13.1. The van der Waals surface area contributed by atoms with Crippen molar-refractivity contribution in [3.8, 4) is 0 Å². The number of amides is 1. The van der Waals surface area contributed by atoms with Crippen LogP contribution in [0.2, 0.25) is 0 Å². The van der Waals surface area contributed by atoms with Crippen LogP contribution in [0.25, 0.3) is 0 Å². The van der Waals surface area contributed by atoms with Crippen LogP contribution in [0.15, 0.2) is 18.2 Å². The number of hydrogen-bond donors (Lipinski definition) is 3. The summed E-state index contributed by atoms with van der Waals surface area (Å²) in [6.07, 6.45) is 0. The lowest BCUT2D eigenvalue weighted by molar-refractivity contribution is -0.130. The van der Waals surface area contributed by atoms with Gasteiger partial charge in [-0.25, -0.2) is 9.87 Å². The van der Waals surface area contributed by atoms with Crippen molar-refractivity contribution in [1.29, 1.82) is 0 Å². The van der Waals surface area contributed by atoms with Gasteiger partial charge < -0.3 is 5.32 Å². The minimum Gasteiger partial charge on any atom is -0.373 e. The highest BCUT2D eigenvalue weighted by atomic mass is 19.1. The second-order valence-electron chi connectivity index (χ2n) is 4.31. The van der Waals surface area contributed by atoms with Crippen molar-refractivity contribution in [2.75, 3.05) is 5.32 Å². The Bertz CT molecular complexity index is 407. The van der Waals surface area contributed by atoms with E-state index in [9.17, 15) is 9.18 Å². The van der Waals surface area contributed by atoms with Crippen LogP contribution in [0.3, 0.4) is 0 Å². The van der Waals surface area contributed by atoms with Gasteiger partial charge in [0.15, 0.2) is 0 Å². The quantitative estimate of drug-likeness (QED) is 0.557. The molecule has 0 saturated heterocycles. The van der Waals surface area contributed by atoms with E-state index in [1.807, 2.05) is 13.8 Å². The van der Waals surface area contributed by atoms with Gasteiger partial charge in [-0.1, -0.05) is 13.8 Å². The summed E-state index contributed by atoms with van der Waals surface area (Å²) in [5.74, 6) is -0.808. The Balaban J connectivity index is 2.86. The van der Waals surface area contributed by atoms with Crippen molar-refractivity contribution in [2.24, 2.45) is 5.92 Å². The summed E-state index contributed by atoms with van der Waals surface area (Å²) in [4.78, 5) is 11.4. The summed E-state index contributed by atoms with van der Waals surface area (Å²) in [6, 6.07) is 3.95. The summed E-state index contributed by atoms with van der Waals surface area (Å²) in [5, 5.41) is 11.6. The molecule has 4 nitrogen and oxygen atoms in total. The van der Waals surface area contributed by atoms with Crippen molar-refractivity contribution < 1.29 is 14.4 Å². The first-order valence-corrected chi connectivity index (χ1v) is 5.42. The zero-order chi connectivity index (χ0) is 13.0. The Labute approximate surface area is 99.8 Å². The van der Waals surface area contributed by atoms with Crippen LogP contribution in [0.5, 0.6) is 0 Å². The van der Waals surface area contributed by atoms with Gasteiger partial charge >= 0.3 is 0 Å². The Morgan fingerprint density at radius 3 is 2.53 bits per heavy atom. The molecule has 1 aromatic carbocycles. The predicted molar refractivity (Wildman–Crippen MR) is 63.3 cm³/mol. The lowest BCUT2D eigenvalue weighted by Crippen LogP contribution is -2.41. The first-order chi connectivity index (χ1) is 7.95. The molecule has 17 heavy (non-hydrogen) atoms. The Kier molecular flexibility index (Phi) is 4.45. The first-order valence-electron chi connectivity index (χ1n) is 5.42. The number of benzene rings is 1. The number of hydrogen-bond acceptors (Lipinski definition) is 3. The molecule has 0 heterocycles. The maximum Gasteiger partial charge on any atom is 0.266 e. The predicted octanol–water partition coefficient (Wildman–Crippen LogP) is 2.08. The molecule has 0 aliphatic rings. The molecule has 1 rings (SSSR count). The molecule has 1 aromatic rings. The van der Waals surface area contributed by atoms with Gasteiger partial charge in [0.2, 0.25) is 0 Å². The van der Waals surface area contributed by atoms with Crippen LogP contribution >= 0.6 is 0 Å². The molecule has 5 heteroatoms. The summed E-state index contributed by atoms with van der Waals surface area (Å²) in [5.41, 5.74) is 2.76. The normalized spacial score (nSPS) is 12.4. The van der Waals surface area contributed by atoms with Gasteiger partial charge in [-0.05, 0) is 36.6 Å². The number of nitrogens with one attached hydrogen (secondary N) is 2. The van der Waals surface area contributed by atoms with Gasteiger partial charge in [0.1, 0.15) is 11.9 Å². The highest BCUT2D eigenvalue weighted by Gasteiger charge is 2.21. The standard InChI is InChI=1S/C12H17FN2O2/c1-7(2)11(12(16)15-17)14-9-4-5-10(13)8(3)6-9/h4-7,11,14,17H,1-3H3,(H,15,16)/t11-/m0/s1. The van der Waals surface area contributed by atoms with E-state index in [-0.39, 0.29) is 11.7 Å². The van der Waals surface area contributed by atoms with E-state index in [1.165, 1.54) is 6.07 Å². The van der Waals surface area contributed by atoms with E-state index in [2.05, 4.69) is 5.32 Å². The molecule has 0 spiro atoms. The summed E-state index contributed by atoms with van der Waals surface area (Å²) in [7, 11) is 0. The van der Waals surface area contributed by atoms with Gasteiger partial charge in [0, 0.05) is 5.69 Å². The summed E-state index contributed by atoms with van der Waals surface area (Å²) < 4.78 is 13.1. The number of rotatable bonds is 4. The molecule has 0 radical (unpaired) electrons. The fourth-order valence-corrected chi connectivity index (χ4v) is 1.52. The highest BCUT2D eigenvalue weighted by Crippen LogP contribution is 2.16. The molecule has 1 atom stereocenters. The third-order valence-electron chi connectivity index (χ3n) is 2.54. The van der Waals surface area contributed by atoms with Crippen LogP contribution < -0.4 is 10.8 Å². The molecule has 0 aromatic heterocycles. The average Bonchev–Trinajstić information content (AvgIpc) is 2.29. The number of carbonyl (C=O) groups is 1. The smallest absolute Gasteiger partial charge is 0.266 e. The maximum absolute atomic E-state index is 13.1. The minimum absolute atomic E-state index is 0.00694. The third-order valence-corrected chi connectivity index (χ3v) is 2.54. The van der Waals surface area contributed by atoms with Crippen molar-refractivity contribution in [3.05, 3.63) is 29.6 Å². The highest BCUT2D eigenvalue weighted by molar-refractivity contribution is 5.83. The Morgan fingerprint density at radius 2 is 2.06 bits per heavy atom. The zero-order valence-corrected chi connectivity index (χ0v) is 10.1. The van der Waals surface area contributed by atoms with Crippen LogP contribution in [-0.4, -0.2) is 17.2 Å². The van der Waals surface area contributed by atoms with Crippen LogP contribution in [0.1, 0.15) is 19.4 Å². The molecular formula is C12H17FN2O2. The molecule has 94 valence electrons. The van der Waals surface area contributed by atoms with Gasteiger partial charge in [-0.2, -0.15) is 0 Å². The fraction of sp³-hybridized carbons (Fsp3) is 0.417. The fourth-order valence-electron chi connectivity index (χ4n) is 1.52. The molecule has 0 fully saturated rings. The molecule has 0 saturated carbocycles. The number of aryl methyl sites for hydroxylation is 1.